The molecular formula is C18H14O6. The second-order valence-corrected chi connectivity index (χ2v) is 5.06. The van der Waals surface area contributed by atoms with Crippen molar-refractivity contribution in [3.8, 4) is 22.8 Å². The lowest BCUT2D eigenvalue weighted by molar-refractivity contribution is 0.0697. The van der Waals surface area contributed by atoms with Gasteiger partial charge in [0, 0.05) is 17.7 Å². The van der Waals surface area contributed by atoms with Gasteiger partial charge in [0.2, 0.25) is 0 Å². The maximum absolute atomic E-state index is 12.4. The van der Waals surface area contributed by atoms with Gasteiger partial charge in [0.25, 0.3) is 0 Å². The first-order valence-corrected chi connectivity index (χ1v) is 7.07. The fraction of sp³-hybridized carbons (Fsp3) is 0.111. The monoisotopic (exact) mass is 326 g/mol. The van der Waals surface area contributed by atoms with Crippen LogP contribution in [-0.2, 0) is 0 Å². The molecule has 0 bridgehead atoms. The number of benzene rings is 2. The van der Waals surface area contributed by atoms with Gasteiger partial charge in [-0.15, -0.1) is 0 Å². The van der Waals surface area contributed by atoms with Gasteiger partial charge in [-0.05, 0) is 18.2 Å². The molecule has 3 rings (SSSR count). The Balaban J connectivity index is 2.22. The molecule has 6 nitrogen and oxygen atoms in total. The van der Waals surface area contributed by atoms with Gasteiger partial charge >= 0.3 is 5.97 Å². The highest BCUT2D eigenvalue weighted by Crippen LogP contribution is 2.32. The fourth-order valence-corrected chi connectivity index (χ4v) is 2.43. The molecule has 1 aromatic heterocycles. The average Bonchev–Trinajstić information content (AvgIpc) is 2.60. The lowest BCUT2D eigenvalue weighted by Crippen LogP contribution is -2.02. The predicted octanol–water partition coefficient (Wildman–Crippen LogP) is 3.18. The smallest absolute Gasteiger partial charge is 0.335 e. The van der Waals surface area contributed by atoms with E-state index in [-0.39, 0.29) is 16.8 Å². The molecule has 0 saturated heterocycles. The Kier molecular flexibility index (Phi) is 3.95. The lowest BCUT2D eigenvalue weighted by atomic mass is 10.1. The van der Waals surface area contributed by atoms with Crippen LogP contribution >= 0.6 is 0 Å². The third-order valence-corrected chi connectivity index (χ3v) is 3.63. The number of fused-ring (bicyclic) bond motifs is 1. The van der Waals surface area contributed by atoms with Gasteiger partial charge < -0.3 is 19.0 Å². The van der Waals surface area contributed by atoms with Crippen LogP contribution in [0, 0.1) is 0 Å². The molecule has 0 amide bonds. The van der Waals surface area contributed by atoms with Crippen LogP contribution in [0.15, 0.2) is 51.7 Å². The highest BCUT2D eigenvalue weighted by atomic mass is 16.5. The molecule has 0 spiro atoms. The van der Waals surface area contributed by atoms with Gasteiger partial charge in [0.1, 0.15) is 11.3 Å². The summed E-state index contributed by atoms with van der Waals surface area (Å²) < 4.78 is 16.2. The molecule has 2 aromatic carbocycles. The van der Waals surface area contributed by atoms with Gasteiger partial charge in [-0.1, -0.05) is 12.1 Å². The maximum Gasteiger partial charge on any atom is 0.335 e. The zero-order valence-corrected chi connectivity index (χ0v) is 13.0. The van der Waals surface area contributed by atoms with E-state index in [2.05, 4.69) is 0 Å². The van der Waals surface area contributed by atoms with Crippen molar-refractivity contribution in [1.29, 1.82) is 0 Å². The standard InChI is InChI=1S/C18H14O6/c1-22-16-7-12-13(19)8-14(24-15(12)9-17(16)23-2)10-4-3-5-11(6-10)18(20)21/h3-9H,1-2H3,(H,20,21). The topological polar surface area (TPSA) is 86.0 Å². The van der Waals surface area contributed by atoms with Crippen LogP contribution in [-0.4, -0.2) is 25.3 Å². The molecular weight excluding hydrogens is 312 g/mol. The van der Waals surface area contributed by atoms with Gasteiger partial charge in [0.05, 0.1) is 25.2 Å². The van der Waals surface area contributed by atoms with Crippen LogP contribution in [0.25, 0.3) is 22.3 Å². The highest BCUT2D eigenvalue weighted by Gasteiger charge is 2.13. The molecule has 0 fully saturated rings. The van der Waals surface area contributed by atoms with E-state index in [0.717, 1.165) is 0 Å². The summed E-state index contributed by atoms with van der Waals surface area (Å²) in [5.41, 5.74) is 0.690. The number of hydrogen-bond acceptors (Lipinski definition) is 5. The third-order valence-electron chi connectivity index (χ3n) is 3.63. The number of hydrogen-bond donors (Lipinski definition) is 1. The van der Waals surface area contributed by atoms with E-state index in [9.17, 15) is 9.59 Å². The molecule has 24 heavy (non-hydrogen) atoms. The lowest BCUT2D eigenvalue weighted by Gasteiger charge is -2.09. The zero-order chi connectivity index (χ0) is 17.3. The van der Waals surface area contributed by atoms with Crippen molar-refractivity contribution in [2.75, 3.05) is 14.2 Å². The minimum Gasteiger partial charge on any atom is -0.493 e. The summed E-state index contributed by atoms with van der Waals surface area (Å²) in [6, 6.07) is 10.6. The van der Waals surface area contributed by atoms with Crippen molar-refractivity contribution in [3.63, 3.8) is 0 Å². The Morgan fingerprint density at radius 3 is 2.42 bits per heavy atom. The quantitative estimate of drug-likeness (QED) is 0.792. The normalized spacial score (nSPS) is 10.6. The minimum absolute atomic E-state index is 0.113. The molecule has 0 aliphatic rings. The Bertz CT molecular complexity index is 986. The summed E-state index contributed by atoms with van der Waals surface area (Å²) in [6.07, 6.45) is 0. The van der Waals surface area contributed by atoms with E-state index in [4.69, 9.17) is 19.0 Å². The number of aromatic carboxylic acids is 1. The number of carboxylic acids is 1. The Hall–Kier alpha value is -3.28. The SMILES string of the molecule is COc1cc2oc(-c3cccc(C(=O)O)c3)cc(=O)c2cc1OC. The molecule has 0 saturated carbocycles. The van der Waals surface area contributed by atoms with E-state index in [1.807, 2.05) is 0 Å². The van der Waals surface area contributed by atoms with Gasteiger partial charge in [0.15, 0.2) is 16.9 Å². The molecule has 0 atom stereocenters. The van der Waals surface area contributed by atoms with Crippen LogP contribution in [0.1, 0.15) is 10.4 Å². The van der Waals surface area contributed by atoms with Crippen LogP contribution in [0.2, 0.25) is 0 Å². The Morgan fingerprint density at radius 2 is 1.75 bits per heavy atom. The van der Waals surface area contributed by atoms with E-state index >= 15 is 0 Å². The van der Waals surface area contributed by atoms with Crippen molar-refractivity contribution in [2.45, 2.75) is 0 Å². The summed E-state index contributed by atoms with van der Waals surface area (Å²) in [6.45, 7) is 0. The Labute approximate surface area is 136 Å². The Morgan fingerprint density at radius 1 is 1.04 bits per heavy atom. The molecule has 0 unspecified atom stereocenters. The number of carboxylic acid groups (broad SMARTS) is 1. The van der Waals surface area contributed by atoms with Crippen LogP contribution in [0.3, 0.4) is 0 Å². The van der Waals surface area contributed by atoms with Gasteiger partial charge in [-0.3, -0.25) is 4.79 Å². The summed E-state index contributed by atoms with van der Waals surface area (Å²) >= 11 is 0. The fourth-order valence-electron chi connectivity index (χ4n) is 2.43. The average molecular weight is 326 g/mol. The summed E-state index contributed by atoms with van der Waals surface area (Å²) in [5.74, 6) is 0.0942. The van der Waals surface area contributed by atoms with Gasteiger partial charge in [-0.25, -0.2) is 4.79 Å². The van der Waals surface area contributed by atoms with Crippen molar-refractivity contribution < 1.29 is 23.8 Å². The third kappa shape index (κ3) is 2.69. The van der Waals surface area contributed by atoms with Gasteiger partial charge in [-0.2, -0.15) is 0 Å². The van der Waals surface area contributed by atoms with E-state index < -0.39 is 5.97 Å². The van der Waals surface area contributed by atoms with Crippen LogP contribution in [0.4, 0.5) is 0 Å². The largest absolute Gasteiger partial charge is 0.493 e. The number of rotatable bonds is 4. The second-order valence-electron chi connectivity index (χ2n) is 5.06. The second kappa shape index (κ2) is 6.08. The summed E-state index contributed by atoms with van der Waals surface area (Å²) in [4.78, 5) is 23.5. The first-order valence-electron chi connectivity index (χ1n) is 7.07. The van der Waals surface area contributed by atoms with Crippen molar-refractivity contribution in [1.82, 2.24) is 0 Å². The number of carbonyl (C=O) groups is 1. The van der Waals surface area contributed by atoms with E-state index in [1.165, 1.54) is 32.4 Å². The van der Waals surface area contributed by atoms with Crippen molar-refractivity contribution in [2.24, 2.45) is 0 Å². The molecule has 1 heterocycles. The van der Waals surface area contributed by atoms with E-state index in [0.29, 0.717) is 28.0 Å². The summed E-state index contributed by atoms with van der Waals surface area (Å²) in [7, 11) is 2.97. The highest BCUT2D eigenvalue weighted by molar-refractivity contribution is 5.89. The molecule has 6 heteroatoms. The van der Waals surface area contributed by atoms with Crippen molar-refractivity contribution >= 4 is 16.9 Å². The molecule has 0 aliphatic carbocycles. The first kappa shape index (κ1) is 15.6. The predicted molar refractivity (Wildman–Crippen MR) is 88.0 cm³/mol. The van der Waals surface area contributed by atoms with Crippen LogP contribution < -0.4 is 14.9 Å². The molecule has 1 N–H and O–H groups in total. The maximum atomic E-state index is 12.4. The number of ether oxygens (including phenoxy) is 2. The molecule has 0 radical (unpaired) electrons. The van der Waals surface area contributed by atoms with E-state index in [1.54, 1.807) is 24.3 Å². The first-order chi connectivity index (χ1) is 11.5. The zero-order valence-electron chi connectivity index (χ0n) is 13.0. The summed E-state index contributed by atoms with van der Waals surface area (Å²) in [5, 5.41) is 9.44. The van der Waals surface area contributed by atoms with Crippen LogP contribution in [0.5, 0.6) is 11.5 Å². The molecule has 122 valence electrons. The molecule has 0 aliphatic heterocycles. The van der Waals surface area contributed by atoms with Crippen molar-refractivity contribution in [3.05, 3.63) is 58.3 Å². The molecule has 3 aromatic rings. The minimum atomic E-state index is -1.05. The number of methoxy groups -OCH3 is 2.